The molecule has 6 heteroatoms. The molecule has 0 aliphatic heterocycles. The SMILES string of the molecule is CCC(C)(NC(=O)NCc1cc(F)ccc1C)C(=O)O. The Hall–Kier alpha value is -2.11. The highest BCUT2D eigenvalue weighted by Gasteiger charge is 2.32. The van der Waals surface area contributed by atoms with Crippen LogP contribution < -0.4 is 10.6 Å². The van der Waals surface area contributed by atoms with E-state index in [0.717, 1.165) is 5.56 Å². The average Bonchev–Trinajstić information content (AvgIpc) is 2.39. The molecule has 0 spiro atoms. The van der Waals surface area contributed by atoms with Crippen LogP contribution in [-0.2, 0) is 11.3 Å². The van der Waals surface area contributed by atoms with Gasteiger partial charge in [0.25, 0.3) is 0 Å². The van der Waals surface area contributed by atoms with Crippen LogP contribution in [0.2, 0.25) is 0 Å². The molecular weight excluding hydrogens is 263 g/mol. The predicted molar refractivity (Wildman–Crippen MR) is 72.8 cm³/mol. The molecule has 0 saturated heterocycles. The number of carboxylic acids is 1. The molecule has 0 bridgehead atoms. The summed E-state index contributed by atoms with van der Waals surface area (Å²) >= 11 is 0. The molecular formula is C14H19FN2O3. The zero-order valence-corrected chi connectivity index (χ0v) is 11.8. The summed E-state index contributed by atoms with van der Waals surface area (Å²) in [6.07, 6.45) is 0.259. The number of hydrogen-bond acceptors (Lipinski definition) is 2. The van der Waals surface area contributed by atoms with Gasteiger partial charge in [0.15, 0.2) is 0 Å². The number of aryl methyl sites for hydroxylation is 1. The number of halogens is 1. The molecule has 20 heavy (non-hydrogen) atoms. The average molecular weight is 282 g/mol. The van der Waals surface area contributed by atoms with Gasteiger partial charge in [0, 0.05) is 6.54 Å². The highest BCUT2D eigenvalue weighted by atomic mass is 19.1. The lowest BCUT2D eigenvalue weighted by Gasteiger charge is -2.24. The van der Waals surface area contributed by atoms with Gasteiger partial charge in [-0.05, 0) is 43.5 Å². The fraction of sp³-hybridized carbons (Fsp3) is 0.429. The summed E-state index contributed by atoms with van der Waals surface area (Å²) in [4.78, 5) is 22.8. The van der Waals surface area contributed by atoms with Crippen molar-refractivity contribution in [3.63, 3.8) is 0 Å². The van der Waals surface area contributed by atoms with Crippen molar-refractivity contribution in [3.05, 3.63) is 35.1 Å². The van der Waals surface area contributed by atoms with Gasteiger partial charge < -0.3 is 15.7 Å². The smallest absolute Gasteiger partial charge is 0.329 e. The van der Waals surface area contributed by atoms with E-state index < -0.39 is 17.5 Å². The van der Waals surface area contributed by atoms with Crippen LogP contribution in [0.15, 0.2) is 18.2 Å². The van der Waals surface area contributed by atoms with Crippen LogP contribution in [0, 0.1) is 12.7 Å². The van der Waals surface area contributed by atoms with Crippen LogP contribution in [0.1, 0.15) is 31.4 Å². The van der Waals surface area contributed by atoms with Crippen molar-refractivity contribution in [2.45, 2.75) is 39.3 Å². The van der Waals surface area contributed by atoms with E-state index in [1.807, 2.05) is 6.92 Å². The third-order valence-corrected chi connectivity index (χ3v) is 3.32. The highest BCUT2D eigenvalue weighted by molar-refractivity contribution is 5.85. The van der Waals surface area contributed by atoms with E-state index in [1.165, 1.54) is 19.1 Å². The van der Waals surface area contributed by atoms with Gasteiger partial charge in [-0.2, -0.15) is 0 Å². The molecule has 110 valence electrons. The van der Waals surface area contributed by atoms with E-state index in [9.17, 15) is 14.0 Å². The maximum atomic E-state index is 13.1. The fourth-order valence-electron chi connectivity index (χ4n) is 1.59. The molecule has 0 aliphatic carbocycles. The molecule has 1 unspecified atom stereocenters. The highest BCUT2D eigenvalue weighted by Crippen LogP contribution is 2.11. The Morgan fingerprint density at radius 3 is 2.60 bits per heavy atom. The Balaban J connectivity index is 2.64. The second-order valence-electron chi connectivity index (χ2n) is 4.87. The molecule has 3 N–H and O–H groups in total. The summed E-state index contributed by atoms with van der Waals surface area (Å²) in [5, 5.41) is 14.0. The molecule has 0 aliphatic rings. The molecule has 1 rings (SSSR count). The summed E-state index contributed by atoms with van der Waals surface area (Å²) in [6, 6.07) is 3.71. The van der Waals surface area contributed by atoms with Gasteiger partial charge in [-0.15, -0.1) is 0 Å². The van der Waals surface area contributed by atoms with E-state index in [1.54, 1.807) is 13.0 Å². The van der Waals surface area contributed by atoms with Gasteiger partial charge in [-0.3, -0.25) is 0 Å². The Morgan fingerprint density at radius 1 is 1.40 bits per heavy atom. The van der Waals surface area contributed by atoms with Gasteiger partial charge >= 0.3 is 12.0 Å². The second kappa shape index (κ2) is 6.36. The number of nitrogens with one attached hydrogen (secondary N) is 2. The molecule has 1 aromatic rings. The first-order valence-corrected chi connectivity index (χ1v) is 6.33. The Bertz CT molecular complexity index is 519. The molecule has 0 heterocycles. The Morgan fingerprint density at radius 2 is 2.05 bits per heavy atom. The van der Waals surface area contributed by atoms with Crippen molar-refractivity contribution < 1.29 is 19.1 Å². The number of benzene rings is 1. The number of aliphatic carboxylic acids is 1. The zero-order valence-electron chi connectivity index (χ0n) is 11.8. The van der Waals surface area contributed by atoms with Crippen LogP contribution in [0.5, 0.6) is 0 Å². The fourth-order valence-corrected chi connectivity index (χ4v) is 1.59. The van der Waals surface area contributed by atoms with Gasteiger partial charge in [-0.1, -0.05) is 13.0 Å². The van der Waals surface area contributed by atoms with Gasteiger partial charge in [-0.25, -0.2) is 14.0 Å². The summed E-state index contributed by atoms with van der Waals surface area (Å²) in [5.74, 6) is -1.48. The minimum Gasteiger partial charge on any atom is -0.480 e. The summed E-state index contributed by atoms with van der Waals surface area (Å²) in [6.45, 7) is 5.05. The van der Waals surface area contributed by atoms with Crippen LogP contribution in [0.4, 0.5) is 9.18 Å². The predicted octanol–water partition coefficient (Wildman–Crippen LogP) is 2.19. The lowest BCUT2D eigenvalue weighted by molar-refractivity contribution is -0.143. The summed E-state index contributed by atoms with van der Waals surface area (Å²) in [5.41, 5.74) is 0.179. The Labute approximate surface area is 117 Å². The van der Waals surface area contributed by atoms with Gasteiger partial charge in [0.05, 0.1) is 0 Å². The van der Waals surface area contributed by atoms with E-state index in [4.69, 9.17) is 5.11 Å². The minimum atomic E-state index is -1.32. The number of urea groups is 1. The first kappa shape index (κ1) is 15.9. The van der Waals surface area contributed by atoms with E-state index >= 15 is 0 Å². The van der Waals surface area contributed by atoms with Crippen LogP contribution in [-0.4, -0.2) is 22.6 Å². The maximum absolute atomic E-state index is 13.1. The third kappa shape index (κ3) is 3.94. The first-order chi connectivity index (χ1) is 9.28. The number of hydrogen-bond donors (Lipinski definition) is 3. The zero-order chi connectivity index (χ0) is 15.3. The van der Waals surface area contributed by atoms with Crippen molar-refractivity contribution in [1.29, 1.82) is 0 Å². The molecule has 0 saturated carbocycles. The first-order valence-electron chi connectivity index (χ1n) is 6.33. The normalized spacial score (nSPS) is 13.4. The molecule has 0 radical (unpaired) electrons. The lowest BCUT2D eigenvalue weighted by Crippen LogP contribution is -2.54. The largest absolute Gasteiger partial charge is 0.480 e. The van der Waals surface area contributed by atoms with Gasteiger partial charge in [0.2, 0.25) is 0 Å². The standard InChI is InChI=1S/C14H19FN2O3/c1-4-14(3,12(18)19)17-13(20)16-8-10-7-11(15)6-5-9(10)2/h5-7H,4,8H2,1-3H3,(H,18,19)(H2,16,17,20). The maximum Gasteiger partial charge on any atom is 0.329 e. The molecule has 2 amide bonds. The second-order valence-corrected chi connectivity index (χ2v) is 4.87. The van der Waals surface area contributed by atoms with E-state index in [-0.39, 0.29) is 18.8 Å². The number of carbonyl (C=O) groups is 2. The van der Waals surface area contributed by atoms with Crippen LogP contribution in [0.3, 0.4) is 0 Å². The lowest BCUT2D eigenvalue weighted by atomic mass is 10.00. The van der Waals surface area contributed by atoms with E-state index in [0.29, 0.717) is 5.56 Å². The third-order valence-electron chi connectivity index (χ3n) is 3.32. The molecule has 1 aromatic carbocycles. The molecule has 5 nitrogen and oxygen atoms in total. The van der Waals surface area contributed by atoms with E-state index in [2.05, 4.69) is 10.6 Å². The van der Waals surface area contributed by atoms with Crippen molar-refractivity contribution in [2.24, 2.45) is 0 Å². The molecule has 1 atom stereocenters. The monoisotopic (exact) mass is 282 g/mol. The Kier molecular flexibility index (Phi) is 5.07. The van der Waals surface area contributed by atoms with Crippen LogP contribution in [0.25, 0.3) is 0 Å². The summed E-state index contributed by atoms with van der Waals surface area (Å²) in [7, 11) is 0. The number of carbonyl (C=O) groups excluding carboxylic acids is 1. The minimum absolute atomic E-state index is 0.134. The van der Waals surface area contributed by atoms with Crippen molar-refractivity contribution >= 4 is 12.0 Å². The van der Waals surface area contributed by atoms with Gasteiger partial charge in [0.1, 0.15) is 11.4 Å². The van der Waals surface area contributed by atoms with Crippen molar-refractivity contribution in [3.8, 4) is 0 Å². The molecule has 0 fully saturated rings. The quantitative estimate of drug-likeness (QED) is 0.774. The molecule has 0 aromatic heterocycles. The number of carboxylic acid groups (broad SMARTS) is 1. The number of amides is 2. The number of rotatable bonds is 5. The summed E-state index contributed by atoms with van der Waals surface area (Å²) < 4.78 is 13.1. The van der Waals surface area contributed by atoms with Crippen LogP contribution >= 0.6 is 0 Å². The topological polar surface area (TPSA) is 78.4 Å². The van der Waals surface area contributed by atoms with Crippen molar-refractivity contribution in [1.82, 2.24) is 10.6 Å². The van der Waals surface area contributed by atoms with Crippen molar-refractivity contribution in [2.75, 3.05) is 0 Å².